The Kier molecular flexibility index (Phi) is 4.61. The van der Waals surface area contributed by atoms with Crippen LogP contribution in [0.2, 0.25) is 0 Å². The molecule has 0 saturated heterocycles. The standard InChI is InChI=1S/C25H36O4/c1-16(2)14-20(26)29-19-8-10-23(4)17(24(19,5)21(27)28)7-11-25-13-12-22(3,15-25)9-6-18(23)25/h12-14,17-19H,6-11,15H2,1-5H3,(H,27,28)/t17-,18-,19+,22+,23+,24-,25-/m0/s1. The summed E-state index contributed by atoms with van der Waals surface area (Å²) in [6, 6.07) is 0. The van der Waals surface area contributed by atoms with Crippen molar-refractivity contribution in [3.63, 3.8) is 0 Å². The van der Waals surface area contributed by atoms with Gasteiger partial charge in [-0.2, -0.15) is 0 Å². The highest BCUT2D eigenvalue weighted by Crippen LogP contribution is 2.71. The molecule has 1 N–H and O–H groups in total. The Morgan fingerprint density at radius 2 is 1.69 bits per heavy atom. The minimum atomic E-state index is -1.04. The predicted molar refractivity (Wildman–Crippen MR) is 112 cm³/mol. The van der Waals surface area contributed by atoms with Gasteiger partial charge in [-0.1, -0.05) is 31.6 Å². The van der Waals surface area contributed by atoms with Gasteiger partial charge in [0.25, 0.3) is 0 Å². The van der Waals surface area contributed by atoms with Crippen LogP contribution in [0.5, 0.6) is 0 Å². The van der Waals surface area contributed by atoms with E-state index in [9.17, 15) is 14.7 Å². The molecule has 4 nitrogen and oxygen atoms in total. The molecule has 4 rings (SSSR count). The van der Waals surface area contributed by atoms with Crippen molar-refractivity contribution in [1.29, 1.82) is 0 Å². The van der Waals surface area contributed by atoms with Crippen LogP contribution in [0.3, 0.4) is 0 Å². The van der Waals surface area contributed by atoms with Crippen molar-refractivity contribution in [3.05, 3.63) is 23.8 Å². The molecule has 4 heteroatoms. The number of hydrogen-bond donors (Lipinski definition) is 1. The zero-order chi connectivity index (χ0) is 21.2. The lowest BCUT2D eigenvalue weighted by molar-refractivity contribution is -0.210. The first-order valence-corrected chi connectivity index (χ1v) is 11.2. The molecule has 0 unspecified atom stereocenters. The molecular weight excluding hydrogens is 364 g/mol. The van der Waals surface area contributed by atoms with Gasteiger partial charge in [-0.3, -0.25) is 4.79 Å². The minimum absolute atomic E-state index is 0.0270. The van der Waals surface area contributed by atoms with Gasteiger partial charge in [0, 0.05) is 6.08 Å². The molecule has 3 fully saturated rings. The molecule has 0 heterocycles. The van der Waals surface area contributed by atoms with Gasteiger partial charge in [-0.05, 0) is 93.8 Å². The van der Waals surface area contributed by atoms with Crippen molar-refractivity contribution < 1.29 is 19.4 Å². The smallest absolute Gasteiger partial charge is 0.330 e. The predicted octanol–water partition coefficient (Wildman–Crippen LogP) is 5.53. The van der Waals surface area contributed by atoms with Gasteiger partial charge in [0.1, 0.15) is 11.5 Å². The Morgan fingerprint density at radius 1 is 1.00 bits per heavy atom. The SMILES string of the molecule is CC(C)=CC(=O)O[C@@H]1CC[C@@]2(C)[C@@H]3CC[C@]4(C)C=C[C@@]3(CC[C@@H]2[C@]1(C)C(=O)O)C4. The summed E-state index contributed by atoms with van der Waals surface area (Å²) in [4.78, 5) is 25.0. The van der Waals surface area contributed by atoms with E-state index in [1.165, 1.54) is 25.3 Å². The van der Waals surface area contributed by atoms with E-state index >= 15 is 0 Å². The Morgan fingerprint density at radius 3 is 2.34 bits per heavy atom. The first kappa shape index (κ1) is 20.7. The summed E-state index contributed by atoms with van der Waals surface area (Å²) in [6.45, 7) is 10.3. The second-order valence-electron chi connectivity index (χ2n) is 11.4. The third-order valence-corrected chi connectivity index (χ3v) is 9.20. The maximum Gasteiger partial charge on any atom is 0.330 e. The second-order valence-corrected chi connectivity index (χ2v) is 11.4. The van der Waals surface area contributed by atoms with Crippen molar-refractivity contribution in [1.82, 2.24) is 0 Å². The maximum absolute atomic E-state index is 12.6. The topological polar surface area (TPSA) is 63.6 Å². The highest BCUT2D eigenvalue weighted by molar-refractivity contribution is 5.84. The number of allylic oxidation sites excluding steroid dienone is 3. The molecule has 0 aromatic carbocycles. The maximum atomic E-state index is 12.6. The summed E-state index contributed by atoms with van der Waals surface area (Å²) in [5.41, 5.74) is 0.366. The van der Waals surface area contributed by atoms with E-state index in [-0.39, 0.29) is 16.7 Å². The highest BCUT2D eigenvalue weighted by atomic mass is 16.5. The molecule has 0 aromatic rings. The average molecular weight is 401 g/mol. The molecule has 4 aliphatic rings. The van der Waals surface area contributed by atoms with Crippen LogP contribution in [0.4, 0.5) is 0 Å². The minimum Gasteiger partial charge on any atom is -0.481 e. The van der Waals surface area contributed by atoms with Crippen molar-refractivity contribution in [3.8, 4) is 0 Å². The summed E-state index contributed by atoms with van der Waals surface area (Å²) in [7, 11) is 0. The lowest BCUT2D eigenvalue weighted by Gasteiger charge is -2.64. The molecule has 0 amide bonds. The summed E-state index contributed by atoms with van der Waals surface area (Å²) in [5, 5.41) is 10.4. The molecule has 7 atom stereocenters. The van der Waals surface area contributed by atoms with Crippen LogP contribution >= 0.6 is 0 Å². The molecular formula is C25H36O4. The van der Waals surface area contributed by atoms with Gasteiger partial charge >= 0.3 is 11.9 Å². The molecule has 0 radical (unpaired) electrons. The van der Waals surface area contributed by atoms with Gasteiger partial charge in [0.2, 0.25) is 0 Å². The lowest BCUT2D eigenvalue weighted by Crippen LogP contribution is -2.63. The van der Waals surface area contributed by atoms with Crippen molar-refractivity contribution in [2.24, 2.45) is 33.5 Å². The van der Waals surface area contributed by atoms with E-state index in [1.54, 1.807) is 0 Å². The fraction of sp³-hybridized carbons (Fsp3) is 0.760. The van der Waals surface area contributed by atoms with Crippen LogP contribution in [0, 0.1) is 33.5 Å². The Hall–Kier alpha value is -1.58. The largest absolute Gasteiger partial charge is 0.481 e. The number of esters is 1. The van der Waals surface area contributed by atoms with Crippen LogP contribution in [0.15, 0.2) is 23.8 Å². The van der Waals surface area contributed by atoms with Gasteiger partial charge in [0.05, 0.1) is 0 Å². The zero-order valence-electron chi connectivity index (χ0n) is 18.6. The number of hydrogen-bond acceptors (Lipinski definition) is 3. The normalized spacial score (nSPS) is 47.7. The van der Waals surface area contributed by atoms with Crippen LogP contribution in [0.25, 0.3) is 0 Å². The highest BCUT2D eigenvalue weighted by Gasteiger charge is 2.67. The van der Waals surface area contributed by atoms with Gasteiger partial charge in [-0.15, -0.1) is 0 Å². The summed E-state index contributed by atoms with van der Waals surface area (Å²) in [5.74, 6) is -0.680. The number of aliphatic carboxylic acids is 1. The van der Waals surface area contributed by atoms with Crippen molar-refractivity contribution >= 4 is 11.9 Å². The van der Waals surface area contributed by atoms with E-state index in [4.69, 9.17) is 4.74 Å². The molecule has 1 spiro atoms. The molecule has 0 aliphatic heterocycles. The molecule has 4 aliphatic carbocycles. The fourth-order valence-corrected chi connectivity index (χ4v) is 7.91. The van der Waals surface area contributed by atoms with E-state index in [2.05, 4.69) is 26.0 Å². The van der Waals surface area contributed by atoms with Gasteiger partial charge < -0.3 is 9.84 Å². The average Bonchev–Trinajstić information content (AvgIpc) is 2.86. The molecule has 160 valence electrons. The number of carboxylic acid groups (broad SMARTS) is 1. The lowest BCUT2D eigenvalue weighted by atomic mass is 9.40. The number of ether oxygens (including phenoxy) is 1. The zero-order valence-corrected chi connectivity index (χ0v) is 18.6. The van der Waals surface area contributed by atoms with E-state index in [0.29, 0.717) is 17.8 Å². The van der Waals surface area contributed by atoms with E-state index in [1.807, 2.05) is 20.8 Å². The summed E-state index contributed by atoms with van der Waals surface area (Å²) >= 11 is 0. The number of fused-ring (bicyclic) bond motifs is 3. The van der Waals surface area contributed by atoms with Gasteiger partial charge in [-0.25, -0.2) is 4.79 Å². The second kappa shape index (κ2) is 6.46. The van der Waals surface area contributed by atoms with E-state index in [0.717, 1.165) is 24.8 Å². The van der Waals surface area contributed by atoms with Crippen molar-refractivity contribution in [2.75, 3.05) is 0 Å². The Labute approximate surface area is 174 Å². The van der Waals surface area contributed by atoms with Crippen LogP contribution in [-0.4, -0.2) is 23.1 Å². The monoisotopic (exact) mass is 400 g/mol. The third kappa shape index (κ3) is 2.92. The number of carboxylic acids is 1. The number of carbonyl (C=O) groups excluding carboxylic acids is 1. The number of carbonyl (C=O) groups is 2. The molecule has 3 saturated carbocycles. The summed E-state index contributed by atoms with van der Waals surface area (Å²) < 4.78 is 5.77. The van der Waals surface area contributed by atoms with Crippen LogP contribution < -0.4 is 0 Å². The summed E-state index contributed by atoms with van der Waals surface area (Å²) in [6.07, 6.45) is 12.9. The molecule has 0 aromatic heterocycles. The Balaban J connectivity index is 1.68. The van der Waals surface area contributed by atoms with Gasteiger partial charge in [0.15, 0.2) is 0 Å². The fourth-order valence-electron chi connectivity index (χ4n) is 7.91. The van der Waals surface area contributed by atoms with Crippen molar-refractivity contribution in [2.45, 2.75) is 85.7 Å². The Bertz CT molecular complexity index is 793. The molecule has 2 bridgehead atoms. The number of rotatable bonds is 3. The first-order valence-electron chi connectivity index (χ1n) is 11.2. The first-order chi connectivity index (χ1) is 13.5. The van der Waals surface area contributed by atoms with E-state index < -0.39 is 23.5 Å². The third-order valence-electron chi connectivity index (χ3n) is 9.20. The molecule has 29 heavy (non-hydrogen) atoms. The van der Waals surface area contributed by atoms with Crippen LogP contribution in [-0.2, 0) is 14.3 Å². The van der Waals surface area contributed by atoms with Crippen LogP contribution in [0.1, 0.15) is 79.6 Å². The quantitative estimate of drug-likeness (QED) is 0.384.